The number of hydrogen-bond donors (Lipinski definition) is 2. The topological polar surface area (TPSA) is 66.4 Å². The number of carboxylic acids is 1. The zero-order valence-corrected chi connectivity index (χ0v) is 10.00. The van der Waals surface area contributed by atoms with E-state index in [-0.39, 0.29) is 18.9 Å². The Morgan fingerprint density at radius 3 is 2.29 bits per heavy atom. The molecule has 0 radical (unpaired) electrons. The molecule has 94 valence electrons. The van der Waals surface area contributed by atoms with E-state index < -0.39 is 11.4 Å². The molecule has 1 fully saturated rings. The number of terminal acetylenes is 1. The number of hydrogen-bond acceptors (Lipinski definition) is 2. The van der Waals surface area contributed by atoms with Crippen LogP contribution in [0.25, 0.3) is 0 Å². The number of rotatable bonds is 4. The van der Waals surface area contributed by atoms with Gasteiger partial charge >= 0.3 is 5.97 Å². The van der Waals surface area contributed by atoms with Crippen molar-refractivity contribution in [3.8, 4) is 12.3 Å². The molecule has 0 aromatic carbocycles. The van der Waals surface area contributed by atoms with Crippen molar-refractivity contribution in [3.63, 3.8) is 0 Å². The highest BCUT2D eigenvalue weighted by molar-refractivity contribution is 5.85. The summed E-state index contributed by atoms with van der Waals surface area (Å²) in [5.41, 5.74) is -0.880. The van der Waals surface area contributed by atoms with E-state index in [1.165, 1.54) is 0 Å². The first-order chi connectivity index (χ1) is 8.10. The Labute approximate surface area is 102 Å². The highest BCUT2D eigenvalue weighted by Crippen LogP contribution is 2.38. The number of carbonyl (C=O) groups is 2. The fourth-order valence-electron chi connectivity index (χ4n) is 2.39. The predicted octanol–water partition coefficient (Wildman–Crippen LogP) is 1.55. The average Bonchev–Trinajstić information content (AvgIpc) is 2.53. The lowest BCUT2D eigenvalue weighted by Crippen LogP contribution is -2.37. The Morgan fingerprint density at radius 1 is 1.24 bits per heavy atom. The fraction of sp³-hybridized carbons (Fsp3) is 0.692. The largest absolute Gasteiger partial charge is 0.481 e. The molecule has 1 saturated carbocycles. The molecule has 1 aliphatic carbocycles. The summed E-state index contributed by atoms with van der Waals surface area (Å²) in [5.74, 6) is 1.20. The van der Waals surface area contributed by atoms with Crippen molar-refractivity contribution in [2.75, 3.05) is 6.54 Å². The van der Waals surface area contributed by atoms with Crippen LogP contribution >= 0.6 is 0 Å². The van der Waals surface area contributed by atoms with Crippen molar-refractivity contribution >= 4 is 11.9 Å². The Kier molecular flexibility index (Phi) is 5.02. The molecule has 0 aliphatic heterocycles. The second-order valence-corrected chi connectivity index (χ2v) is 4.66. The van der Waals surface area contributed by atoms with E-state index in [1.807, 2.05) is 0 Å². The maximum atomic E-state index is 11.6. The van der Waals surface area contributed by atoms with Gasteiger partial charge in [-0.05, 0) is 12.8 Å². The van der Waals surface area contributed by atoms with Crippen molar-refractivity contribution in [3.05, 3.63) is 0 Å². The quantitative estimate of drug-likeness (QED) is 0.576. The molecule has 0 saturated heterocycles. The minimum Gasteiger partial charge on any atom is -0.481 e. The zero-order valence-electron chi connectivity index (χ0n) is 10.00. The van der Waals surface area contributed by atoms with Gasteiger partial charge in [0.15, 0.2) is 0 Å². The number of amides is 1. The maximum Gasteiger partial charge on any atom is 0.310 e. The van der Waals surface area contributed by atoms with Crippen LogP contribution in [0.3, 0.4) is 0 Å². The molecular weight excluding hydrogens is 218 g/mol. The number of carbonyl (C=O) groups excluding carboxylic acids is 1. The van der Waals surface area contributed by atoms with E-state index >= 15 is 0 Å². The standard InChI is InChI=1S/C13H19NO3/c1-2-9-14-11(15)10-13(12(16)17)7-5-3-4-6-8-13/h1H,3-10H2,(H,14,15)(H,16,17). The Bertz CT molecular complexity index is 322. The van der Waals surface area contributed by atoms with Crippen LogP contribution in [0.1, 0.15) is 44.9 Å². The smallest absolute Gasteiger partial charge is 0.310 e. The SMILES string of the molecule is C#CCNC(=O)CC1(C(=O)O)CCCCCC1. The molecule has 0 unspecified atom stereocenters. The Hall–Kier alpha value is -1.50. The van der Waals surface area contributed by atoms with Crippen LogP contribution in [0.5, 0.6) is 0 Å². The van der Waals surface area contributed by atoms with Gasteiger partial charge in [0.1, 0.15) is 0 Å². The van der Waals surface area contributed by atoms with Gasteiger partial charge in [0, 0.05) is 6.42 Å². The van der Waals surface area contributed by atoms with Crippen LogP contribution in [-0.2, 0) is 9.59 Å². The molecule has 4 heteroatoms. The van der Waals surface area contributed by atoms with Gasteiger partial charge in [-0.15, -0.1) is 6.42 Å². The molecule has 0 aromatic heterocycles. The van der Waals surface area contributed by atoms with E-state index in [1.54, 1.807) is 0 Å². The normalized spacial score (nSPS) is 18.8. The van der Waals surface area contributed by atoms with E-state index in [9.17, 15) is 14.7 Å². The van der Waals surface area contributed by atoms with Crippen molar-refractivity contribution < 1.29 is 14.7 Å². The number of carboxylic acid groups (broad SMARTS) is 1. The molecular formula is C13H19NO3. The summed E-state index contributed by atoms with van der Waals surface area (Å²) in [5, 5.41) is 11.9. The Balaban J connectivity index is 2.67. The second-order valence-electron chi connectivity index (χ2n) is 4.66. The van der Waals surface area contributed by atoms with Gasteiger partial charge in [0.2, 0.25) is 5.91 Å². The third-order valence-corrected chi connectivity index (χ3v) is 3.40. The summed E-state index contributed by atoms with van der Waals surface area (Å²) >= 11 is 0. The average molecular weight is 237 g/mol. The molecule has 1 aliphatic rings. The van der Waals surface area contributed by atoms with Gasteiger partial charge in [0.25, 0.3) is 0 Å². The minimum absolute atomic E-state index is 0.0456. The molecule has 0 bridgehead atoms. The van der Waals surface area contributed by atoms with Crippen molar-refractivity contribution in [1.82, 2.24) is 5.32 Å². The van der Waals surface area contributed by atoms with E-state index in [0.717, 1.165) is 25.7 Å². The highest BCUT2D eigenvalue weighted by Gasteiger charge is 2.40. The first-order valence-electron chi connectivity index (χ1n) is 6.04. The molecule has 0 aromatic rings. The van der Waals surface area contributed by atoms with E-state index in [4.69, 9.17) is 6.42 Å². The van der Waals surface area contributed by atoms with Crippen LogP contribution in [0.2, 0.25) is 0 Å². The lowest BCUT2D eigenvalue weighted by Gasteiger charge is -2.27. The molecule has 0 atom stereocenters. The third-order valence-electron chi connectivity index (χ3n) is 3.40. The van der Waals surface area contributed by atoms with Gasteiger partial charge in [-0.25, -0.2) is 0 Å². The summed E-state index contributed by atoms with van der Waals surface area (Å²) in [4.78, 5) is 23.0. The van der Waals surface area contributed by atoms with Crippen molar-refractivity contribution in [2.45, 2.75) is 44.9 Å². The van der Waals surface area contributed by atoms with Gasteiger partial charge in [-0.3, -0.25) is 9.59 Å². The van der Waals surface area contributed by atoms with Gasteiger partial charge in [-0.2, -0.15) is 0 Å². The summed E-state index contributed by atoms with van der Waals surface area (Å²) < 4.78 is 0. The summed E-state index contributed by atoms with van der Waals surface area (Å²) in [6, 6.07) is 0. The minimum atomic E-state index is -0.880. The van der Waals surface area contributed by atoms with Gasteiger partial charge < -0.3 is 10.4 Å². The summed E-state index contributed by atoms with van der Waals surface area (Å²) in [6.45, 7) is 0.161. The molecule has 0 heterocycles. The number of nitrogens with one attached hydrogen (secondary N) is 1. The van der Waals surface area contributed by atoms with Crippen LogP contribution < -0.4 is 5.32 Å². The van der Waals surface area contributed by atoms with Gasteiger partial charge in [-0.1, -0.05) is 31.6 Å². The highest BCUT2D eigenvalue weighted by atomic mass is 16.4. The molecule has 2 N–H and O–H groups in total. The second kappa shape index (κ2) is 6.29. The summed E-state index contributed by atoms with van der Waals surface area (Å²) in [6.07, 6.45) is 10.2. The lowest BCUT2D eigenvalue weighted by molar-refractivity contribution is -0.152. The van der Waals surface area contributed by atoms with Crippen LogP contribution in [0, 0.1) is 17.8 Å². The molecule has 1 amide bonds. The van der Waals surface area contributed by atoms with E-state index in [2.05, 4.69) is 11.2 Å². The zero-order chi connectivity index (χ0) is 12.7. The lowest BCUT2D eigenvalue weighted by atomic mass is 9.77. The first kappa shape index (κ1) is 13.6. The Morgan fingerprint density at radius 2 is 1.82 bits per heavy atom. The van der Waals surface area contributed by atoms with Crippen LogP contribution in [-0.4, -0.2) is 23.5 Å². The summed E-state index contributed by atoms with van der Waals surface area (Å²) in [7, 11) is 0. The van der Waals surface area contributed by atoms with Crippen LogP contribution in [0.4, 0.5) is 0 Å². The monoisotopic (exact) mass is 237 g/mol. The van der Waals surface area contributed by atoms with Crippen molar-refractivity contribution in [1.29, 1.82) is 0 Å². The van der Waals surface area contributed by atoms with E-state index in [0.29, 0.717) is 12.8 Å². The molecule has 1 rings (SSSR count). The predicted molar refractivity (Wildman–Crippen MR) is 64.2 cm³/mol. The first-order valence-corrected chi connectivity index (χ1v) is 6.04. The molecule has 4 nitrogen and oxygen atoms in total. The van der Waals surface area contributed by atoms with Gasteiger partial charge in [0.05, 0.1) is 12.0 Å². The van der Waals surface area contributed by atoms with Crippen LogP contribution in [0.15, 0.2) is 0 Å². The number of aliphatic carboxylic acids is 1. The van der Waals surface area contributed by atoms with Crippen molar-refractivity contribution in [2.24, 2.45) is 5.41 Å². The third kappa shape index (κ3) is 3.77. The maximum absolute atomic E-state index is 11.6. The molecule has 0 spiro atoms. The fourth-order valence-corrected chi connectivity index (χ4v) is 2.39. The molecule has 17 heavy (non-hydrogen) atoms.